The van der Waals surface area contributed by atoms with Crippen LogP contribution in [0.3, 0.4) is 0 Å². The van der Waals surface area contributed by atoms with Crippen LogP contribution in [0.15, 0.2) is 30.3 Å². The Balaban J connectivity index is 1.35. The molecule has 1 aliphatic heterocycles. The Morgan fingerprint density at radius 1 is 1.12 bits per heavy atom. The molecule has 1 saturated carbocycles. The molecule has 0 radical (unpaired) electrons. The summed E-state index contributed by atoms with van der Waals surface area (Å²) in [6.07, 6.45) is 4.82. The highest BCUT2D eigenvalue weighted by molar-refractivity contribution is 5.81. The maximum atomic E-state index is 12.6. The highest BCUT2D eigenvalue weighted by Gasteiger charge is 2.37. The molecule has 3 atom stereocenters. The van der Waals surface area contributed by atoms with Crippen molar-refractivity contribution in [1.82, 2.24) is 4.90 Å². The van der Waals surface area contributed by atoms with Gasteiger partial charge >= 0.3 is 5.97 Å². The molecule has 5 nitrogen and oxygen atoms in total. The number of nitrogens with zero attached hydrogens (tertiary/aromatic N) is 1. The Morgan fingerprint density at radius 3 is 2.60 bits per heavy atom. The molecule has 1 aromatic rings. The summed E-state index contributed by atoms with van der Waals surface area (Å²) in [4.78, 5) is 25.5. The van der Waals surface area contributed by atoms with E-state index in [1.165, 1.54) is 5.56 Å². The zero-order chi connectivity index (χ0) is 17.6. The number of aryl methyl sites for hydroxylation is 1. The fourth-order valence-electron chi connectivity index (χ4n) is 3.92. The monoisotopic (exact) mass is 345 g/mol. The predicted octanol–water partition coefficient (Wildman–Crippen LogP) is 2.74. The number of rotatable bonds is 7. The molecule has 5 heteroatoms. The number of hydrogen-bond acceptors (Lipinski definition) is 3. The molecule has 1 saturated heterocycles. The van der Waals surface area contributed by atoms with Crippen molar-refractivity contribution in [3.8, 4) is 0 Å². The van der Waals surface area contributed by atoms with Gasteiger partial charge in [0.2, 0.25) is 5.91 Å². The van der Waals surface area contributed by atoms with Crippen LogP contribution in [0.5, 0.6) is 0 Å². The first-order valence-corrected chi connectivity index (χ1v) is 9.30. The molecule has 0 bridgehead atoms. The summed E-state index contributed by atoms with van der Waals surface area (Å²) in [6, 6.07) is 10.4. The maximum Gasteiger partial charge on any atom is 0.306 e. The summed E-state index contributed by atoms with van der Waals surface area (Å²) in [7, 11) is 0. The standard InChI is InChI=1S/C20H27NO4/c22-19(16-8-9-17(13-16)20(23)24)21-11-10-18(14-21)25-12-4-7-15-5-2-1-3-6-15/h1-3,5-6,16-18H,4,7-14H2,(H,23,24)/t16-,17+,18?/m0/s1. The number of likely N-dealkylation sites (tertiary alicyclic amines) is 1. The molecule has 1 N–H and O–H groups in total. The second-order valence-electron chi connectivity index (χ2n) is 7.20. The second kappa shape index (κ2) is 8.48. The normalized spacial score (nSPS) is 26.1. The third-order valence-corrected chi connectivity index (χ3v) is 5.39. The molecule has 1 aliphatic carbocycles. The molecular formula is C20H27NO4. The maximum absolute atomic E-state index is 12.6. The van der Waals surface area contributed by atoms with Gasteiger partial charge in [-0.05, 0) is 44.1 Å². The highest BCUT2D eigenvalue weighted by atomic mass is 16.5. The fraction of sp³-hybridized carbons (Fsp3) is 0.600. The van der Waals surface area contributed by atoms with Gasteiger partial charge in [0.15, 0.2) is 0 Å². The molecule has 25 heavy (non-hydrogen) atoms. The number of aliphatic carboxylic acids is 1. The van der Waals surface area contributed by atoms with E-state index in [0.29, 0.717) is 32.4 Å². The summed E-state index contributed by atoms with van der Waals surface area (Å²) in [5.74, 6) is -1.10. The van der Waals surface area contributed by atoms with E-state index in [4.69, 9.17) is 9.84 Å². The lowest BCUT2D eigenvalue weighted by Gasteiger charge is -2.20. The average molecular weight is 345 g/mol. The highest BCUT2D eigenvalue weighted by Crippen LogP contribution is 2.33. The molecule has 2 aliphatic rings. The lowest BCUT2D eigenvalue weighted by Crippen LogP contribution is -2.34. The lowest BCUT2D eigenvalue weighted by atomic mass is 10.0. The fourth-order valence-corrected chi connectivity index (χ4v) is 3.92. The number of carboxylic acids is 1. The van der Waals surface area contributed by atoms with E-state index in [1.807, 2.05) is 11.0 Å². The van der Waals surface area contributed by atoms with Gasteiger partial charge in [0.1, 0.15) is 0 Å². The van der Waals surface area contributed by atoms with Crippen molar-refractivity contribution < 1.29 is 19.4 Å². The van der Waals surface area contributed by atoms with Gasteiger partial charge in [0, 0.05) is 25.6 Å². The minimum Gasteiger partial charge on any atom is -0.481 e. The van der Waals surface area contributed by atoms with Gasteiger partial charge in [0.05, 0.1) is 12.0 Å². The Hall–Kier alpha value is -1.88. The lowest BCUT2D eigenvalue weighted by molar-refractivity contribution is -0.141. The minimum atomic E-state index is -0.767. The molecule has 1 heterocycles. The Kier molecular flexibility index (Phi) is 6.08. The zero-order valence-electron chi connectivity index (χ0n) is 14.6. The van der Waals surface area contributed by atoms with Crippen LogP contribution in [-0.4, -0.2) is 47.7 Å². The smallest absolute Gasteiger partial charge is 0.306 e. The molecule has 1 amide bonds. The number of carboxylic acid groups (broad SMARTS) is 1. The van der Waals surface area contributed by atoms with Crippen molar-refractivity contribution >= 4 is 11.9 Å². The molecular weight excluding hydrogens is 318 g/mol. The molecule has 1 unspecified atom stereocenters. The predicted molar refractivity (Wildman–Crippen MR) is 94.2 cm³/mol. The van der Waals surface area contributed by atoms with Crippen molar-refractivity contribution in [3.63, 3.8) is 0 Å². The largest absolute Gasteiger partial charge is 0.481 e. The van der Waals surface area contributed by atoms with E-state index < -0.39 is 5.97 Å². The first-order chi connectivity index (χ1) is 12.1. The van der Waals surface area contributed by atoms with E-state index in [1.54, 1.807) is 0 Å². The van der Waals surface area contributed by atoms with Crippen molar-refractivity contribution in [2.75, 3.05) is 19.7 Å². The van der Waals surface area contributed by atoms with Crippen molar-refractivity contribution in [2.45, 2.75) is 44.6 Å². The SMILES string of the molecule is O=C(O)[C@@H]1CC[C@H](C(=O)N2CCC(OCCCc3ccccc3)C2)C1. The molecule has 3 rings (SSSR count). The molecule has 0 aromatic heterocycles. The third-order valence-electron chi connectivity index (χ3n) is 5.39. The van der Waals surface area contributed by atoms with Gasteiger partial charge in [-0.15, -0.1) is 0 Å². The number of ether oxygens (including phenoxy) is 1. The van der Waals surface area contributed by atoms with Crippen molar-refractivity contribution in [3.05, 3.63) is 35.9 Å². The van der Waals surface area contributed by atoms with Gasteiger partial charge in [-0.3, -0.25) is 9.59 Å². The molecule has 136 valence electrons. The van der Waals surface area contributed by atoms with Crippen LogP contribution in [0.4, 0.5) is 0 Å². The zero-order valence-corrected chi connectivity index (χ0v) is 14.6. The van der Waals surface area contributed by atoms with Gasteiger partial charge in [-0.1, -0.05) is 30.3 Å². The molecule has 0 spiro atoms. The van der Waals surface area contributed by atoms with Gasteiger partial charge < -0.3 is 14.7 Å². The number of benzene rings is 1. The minimum absolute atomic E-state index is 0.113. The van der Waals surface area contributed by atoms with E-state index in [9.17, 15) is 9.59 Å². The second-order valence-corrected chi connectivity index (χ2v) is 7.20. The topological polar surface area (TPSA) is 66.8 Å². The van der Waals surface area contributed by atoms with Gasteiger partial charge in [-0.25, -0.2) is 0 Å². The van der Waals surface area contributed by atoms with Gasteiger partial charge in [0.25, 0.3) is 0 Å². The van der Waals surface area contributed by atoms with E-state index >= 15 is 0 Å². The van der Waals surface area contributed by atoms with Gasteiger partial charge in [-0.2, -0.15) is 0 Å². The quantitative estimate of drug-likeness (QED) is 0.772. The van der Waals surface area contributed by atoms with E-state index in [-0.39, 0.29) is 23.8 Å². The summed E-state index contributed by atoms with van der Waals surface area (Å²) >= 11 is 0. The van der Waals surface area contributed by atoms with Crippen molar-refractivity contribution in [1.29, 1.82) is 0 Å². The Labute approximate surface area is 149 Å². The van der Waals surface area contributed by atoms with Crippen molar-refractivity contribution in [2.24, 2.45) is 11.8 Å². The van der Waals surface area contributed by atoms with E-state index in [0.717, 1.165) is 25.8 Å². The molecule has 2 fully saturated rings. The number of carbonyl (C=O) groups is 2. The van der Waals surface area contributed by atoms with Crippen LogP contribution < -0.4 is 0 Å². The van der Waals surface area contributed by atoms with Crippen LogP contribution in [0.25, 0.3) is 0 Å². The van der Waals surface area contributed by atoms with E-state index in [2.05, 4.69) is 24.3 Å². The van der Waals surface area contributed by atoms with Crippen LogP contribution in [0, 0.1) is 11.8 Å². The summed E-state index contributed by atoms with van der Waals surface area (Å²) in [5.41, 5.74) is 1.32. The van der Waals surface area contributed by atoms with Crippen LogP contribution in [0.2, 0.25) is 0 Å². The average Bonchev–Trinajstić information content (AvgIpc) is 3.29. The van der Waals surface area contributed by atoms with Crippen LogP contribution in [-0.2, 0) is 20.7 Å². The molecule has 1 aromatic carbocycles. The number of amides is 1. The Bertz CT molecular complexity index is 589. The number of hydrogen-bond donors (Lipinski definition) is 1. The summed E-state index contributed by atoms with van der Waals surface area (Å²) < 4.78 is 5.94. The summed E-state index contributed by atoms with van der Waals surface area (Å²) in [6.45, 7) is 2.10. The number of carbonyl (C=O) groups excluding carboxylic acids is 1. The van der Waals surface area contributed by atoms with Crippen LogP contribution >= 0.6 is 0 Å². The Morgan fingerprint density at radius 2 is 1.88 bits per heavy atom. The summed E-state index contributed by atoms with van der Waals surface area (Å²) in [5, 5.41) is 9.08. The first kappa shape index (κ1) is 17.9. The first-order valence-electron chi connectivity index (χ1n) is 9.30. The van der Waals surface area contributed by atoms with Crippen LogP contribution in [0.1, 0.15) is 37.7 Å². The third kappa shape index (κ3) is 4.82.